The van der Waals surface area contributed by atoms with E-state index in [1.165, 1.54) is 6.33 Å². The average molecular weight is 298 g/mol. The zero-order chi connectivity index (χ0) is 14.2. The number of nitrogens with one attached hydrogen (secondary N) is 1. The van der Waals surface area contributed by atoms with Crippen LogP contribution >= 0.6 is 0 Å². The maximum atomic E-state index is 12.7. The van der Waals surface area contributed by atoms with E-state index in [0.717, 1.165) is 32.2 Å². The summed E-state index contributed by atoms with van der Waals surface area (Å²) >= 11 is 0. The summed E-state index contributed by atoms with van der Waals surface area (Å²) in [7, 11) is -1.67. The van der Waals surface area contributed by atoms with E-state index in [4.69, 9.17) is 0 Å². The Bertz CT molecular complexity index is 559. The molecule has 0 aromatic carbocycles. The van der Waals surface area contributed by atoms with Crippen molar-refractivity contribution in [1.82, 2.24) is 19.2 Å². The molecule has 6 nitrogen and oxygen atoms in total. The van der Waals surface area contributed by atoms with E-state index in [9.17, 15) is 8.42 Å². The first-order chi connectivity index (χ1) is 9.55. The first kappa shape index (κ1) is 14.0. The molecule has 1 aromatic heterocycles. The Morgan fingerprint density at radius 3 is 2.75 bits per heavy atom. The molecular formula is C13H22N4O2S. The van der Waals surface area contributed by atoms with E-state index in [0.29, 0.717) is 19.0 Å². The predicted octanol–water partition coefficient (Wildman–Crippen LogP) is 0.573. The normalized spacial score (nSPS) is 23.6. The van der Waals surface area contributed by atoms with Gasteiger partial charge in [-0.1, -0.05) is 0 Å². The summed E-state index contributed by atoms with van der Waals surface area (Å²) in [5.41, 5.74) is 0. The molecular weight excluding hydrogens is 276 g/mol. The highest BCUT2D eigenvalue weighted by atomic mass is 32.2. The van der Waals surface area contributed by atoms with E-state index in [2.05, 4.69) is 10.3 Å². The molecule has 1 aliphatic heterocycles. The van der Waals surface area contributed by atoms with Crippen LogP contribution in [0.2, 0.25) is 0 Å². The molecule has 1 saturated carbocycles. The van der Waals surface area contributed by atoms with E-state index in [1.54, 1.807) is 22.1 Å². The molecule has 1 N–H and O–H groups in total. The summed E-state index contributed by atoms with van der Waals surface area (Å²) in [6.07, 6.45) is 7.59. The zero-order valence-corrected chi connectivity index (χ0v) is 12.6. The summed E-state index contributed by atoms with van der Waals surface area (Å²) in [5.74, 6) is 0.537. The smallest absolute Gasteiger partial charge is 0.262 e. The number of sulfonamides is 1. The molecule has 2 fully saturated rings. The molecule has 0 spiro atoms. The first-order valence-electron chi connectivity index (χ1n) is 7.27. The Morgan fingerprint density at radius 2 is 2.20 bits per heavy atom. The minimum absolute atomic E-state index is 0.165. The SMILES string of the molecule is Cn1cnc(S(=O)(=O)N(CC2CC2)CC2CCCN2)c1. The van der Waals surface area contributed by atoms with Gasteiger partial charge in [0.1, 0.15) is 0 Å². The van der Waals surface area contributed by atoms with Crippen LogP contribution < -0.4 is 5.32 Å². The molecule has 0 amide bonds. The summed E-state index contributed by atoms with van der Waals surface area (Å²) in [4.78, 5) is 4.02. The van der Waals surface area contributed by atoms with Crippen molar-refractivity contribution < 1.29 is 8.42 Å². The van der Waals surface area contributed by atoms with Gasteiger partial charge < -0.3 is 9.88 Å². The van der Waals surface area contributed by atoms with Gasteiger partial charge in [0.05, 0.1) is 6.33 Å². The second-order valence-electron chi connectivity index (χ2n) is 5.94. The minimum atomic E-state index is -3.46. The molecule has 1 atom stereocenters. The Hall–Kier alpha value is -0.920. The van der Waals surface area contributed by atoms with Crippen LogP contribution in [-0.4, -0.2) is 48.0 Å². The molecule has 1 aromatic rings. The number of rotatable bonds is 6. The van der Waals surface area contributed by atoms with Gasteiger partial charge in [-0.15, -0.1) is 0 Å². The molecule has 2 aliphatic rings. The van der Waals surface area contributed by atoms with Gasteiger partial charge in [0.15, 0.2) is 5.03 Å². The number of nitrogens with zero attached hydrogens (tertiary/aromatic N) is 3. The fraction of sp³-hybridized carbons (Fsp3) is 0.769. The van der Waals surface area contributed by atoms with Crippen molar-refractivity contribution in [3.8, 4) is 0 Å². The summed E-state index contributed by atoms with van der Waals surface area (Å²) in [5, 5.41) is 3.54. The maximum absolute atomic E-state index is 12.7. The molecule has 1 unspecified atom stereocenters. The summed E-state index contributed by atoms with van der Waals surface area (Å²) in [6, 6.07) is 0.284. The Morgan fingerprint density at radius 1 is 1.40 bits per heavy atom. The van der Waals surface area contributed by atoms with Crippen molar-refractivity contribution in [2.45, 2.75) is 36.8 Å². The first-order valence-corrected chi connectivity index (χ1v) is 8.71. The average Bonchev–Trinajstić information content (AvgIpc) is 2.89. The van der Waals surface area contributed by atoms with E-state index >= 15 is 0 Å². The Labute approximate surface area is 120 Å². The van der Waals surface area contributed by atoms with Gasteiger partial charge in [0.25, 0.3) is 10.0 Å². The van der Waals surface area contributed by atoms with Crippen molar-refractivity contribution in [3.05, 3.63) is 12.5 Å². The lowest BCUT2D eigenvalue weighted by molar-refractivity contribution is 0.357. The van der Waals surface area contributed by atoms with Crippen molar-refractivity contribution in [2.75, 3.05) is 19.6 Å². The highest BCUT2D eigenvalue weighted by Gasteiger charge is 2.34. The third kappa shape index (κ3) is 3.05. The minimum Gasteiger partial charge on any atom is -0.339 e. The van der Waals surface area contributed by atoms with Crippen LogP contribution in [0.3, 0.4) is 0 Å². The van der Waals surface area contributed by atoms with Crippen LogP contribution in [0.5, 0.6) is 0 Å². The van der Waals surface area contributed by atoms with Crippen molar-refractivity contribution >= 4 is 10.0 Å². The van der Waals surface area contributed by atoms with Gasteiger partial charge in [-0.25, -0.2) is 13.4 Å². The number of hydrogen-bond donors (Lipinski definition) is 1. The van der Waals surface area contributed by atoms with Gasteiger partial charge in [0, 0.05) is 32.4 Å². The molecule has 1 aliphatic carbocycles. The lowest BCUT2D eigenvalue weighted by Gasteiger charge is -2.24. The highest BCUT2D eigenvalue weighted by molar-refractivity contribution is 7.89. The lowest BCUT2D eigenvalue weighted by Crippen LogP contribution is -2.42. The van der Waals surface area contributed by atoms with Crippen LogP contribution in [-0.2, 0) is 17.1 Å². The van der Waals surface area contributed by atoms with E-state index in [-0.39, 0.29) is 11.1 Å². The Kier molecular flexibility index (Phi) is 3.83. The second kappa shape index (κ2) is 5.46. The number of aryl methyl sites for hydroxylation is 1. The molecule has 0 radical (unpaired) electrons. The van der Waals surface area contributed by atoms with Crippen LogP contribution in [0, 0.1) is 5.92 Å². The lowest BCUT2D eigenvalue weighted by atomic mass is 10.2. The number of imidazole rings is 1. The quantitative estimate of drug-likeness (QED) is 0.834. The van der Waals surface area contributed by atoms with Crippen LogP contribution in [0.1, 0.15) is 25.7 Å². The highest BCUT2D eigenvalue weighted by Crippen LogP contribution is 2.31. The van der Waals surface area contributed by atoms with Crippen molar-refractivity contribution in [3.63, 3.8) is 0 Å². The molecule has 20 heavy (non-hydrogen) atoms. The third-order valence-electron chi connectivity index (χ3n) is 4.03. The molecule has 2 heterocycles. The van der Waals surface area contributed by atoms with Crippen LogP contribution in [0.4, 0.5) is 0 Å². The van der Waals surface area contributed by atoms with Gasteiger partial charge >= 0.3 is 0 Å². The second-order valence-corrected chi connectivity index (χ2v) is 7.82. The van der Waals surface area contributed by atoms with Gasteiger partial charge in [-0.2, -0.15) is 4.31 Å². The fourth-order valence-corrected chi connectivity index (χ4v) is 4.20. The van der Waals surface area contributed by atoms with Crippen molar-refractivity contribution in [2.24, 2.45) is 13.0 Å². The monoisotopic (exact) mass is 298 g/mol. The van der Waals surface area contributed by atoms with Gasteiger partial charge in [-0.3, -0.25) is 0 Å². The summed E-state index contributed by atoms with van der Waals surface area (Å²) < 4.78 is 28.7. The van der Waals surface area contributed by atoms with Crippen LogP contribution in [0.15, 0.2) is 17.6 Å². The van der Waals surface area contributed by atoms with E-state index < -0.39 is 10.0 Å². The standard InChI is InChI=1S/C13H22N4O2S/c1-16-9-13(15-10-16)20(18,19)17(7-11-4-5-11)8-12-3-2-6-14-12/h9-12,14H,2-8H2,1H3. The summed E-state index contributed by atoms with van der Waals surface area (Å²) in [6.45, 7) is 2.19. The van der Waals surface area contributed by atoms with E-state index in [1.807, 2.05) is 0 Å². The van der Waals surface area contributed by atoms with Crippen LogP contribution in [0.25, 0.3) is 0 Å². The third-order valence-corrected chi connectivity index (χ3v) is 5.75. The van der Waals surface area contributed by atoms with Crippen molar-refractivity contribution in [1.29, 1.82) is 0 Å². The molecule has 0 bridgehead atoms. The zero-order valence-electron chi connectivity index (χ0n) is 11.8. The largest absolute Gasteiger partial charge is 0.339 e. The molecule has 1 saturated heterocycles. The predicted molar refractivity (Wildman–Crippen MR) is 75.7 cm³/mol. The van der Waals surface area contributed by atoms with Gasteiger partial charge in [-0.05, 0) is 38.1 Å². The number of aromatic nitrogens is 2. The Balaban J connectivity index is 1.79. The molecule has 3 rings (SSSR count). The van der Waals surface area contributed by atoms with Gasteiger partial charge in [0.2, 0.25) is 0 Å². The molecule has 7 heteroatoms. The topological polar surface area (TPSA) is 67.2 Å². The number of hydrogen-bond acceptors (Lipinski definition) is 4. The fourth-order valence-electron chi connectivity index (χ4n) is 2.67. The maximum Gasteiger partial charge on any atom is 0.262 e. The molecule has 112 valence electrons.